The van der Waals surface area contributed by atoms with E-state index >= 15 is 0 Å². The molecule has 6 nitrogen and oxygen atoms in total. The SMILES string of the molecule is C[C@H](CO)CCC[C@@H](C)[C@H]1[C@@H](O)[C@H](O)C2[C@]3(O)C[C@H](O)[C@H]4C[C@@H](O)CC[C@]4(C)C3CC[C@@]21C. The van der Waals surface area contributed by atoms with Gasteiger partial charge in [-0.2, -0.15) is 0 Å². The molecular formula is C27H48O6. The smallest absolute Gasteiger partial charge is 0.0863 e. The zero-order valence-corrected chi connectivity index (χ0v) is 21.0. The average molecular weight is 469 g/mol. The van der Waals surface area contributed by atoms with Crippen LogP contribution in [0, 0.1) is 46.3 Å². The standard InChI is InChI=1S/C27H48O6/c1-15(14-28)6-5-7-16(2)21-22(31)23(32)24-26(21,4)11-9-20-25(3)10-8-17(29)12-18(25)19(30)13-27(20,24)33/h15-24,28-33H,5-14H2,1-4H3/t15-,16+,17-,18+,19-,20?,21-,22+,23-,24?,25-,26+,27-/m0/s1. The Morgan fingerprint density at radius 2 is 1.58 bits per heavy atom. The lowest BCUT2D eigenvalue weighted by molar-refractivity contribution is -0.264. The van der Waals surface area contributed by atoms with Gasteiger partial charge in [0, 0.05) is 18.9 Å². The minimum absolute atomic E-state index is 0.0393. The fourth-order valence-corrected chi connectivity index (χ4v) is 9.57. The zero-order valence-electron chi connectivity index (χ0n) is 21.0. The molecule has 192 valence electrons. The molecule has 6 N–H and O–H groups in total. The van der Waals surface area contributed by atoms with Crippen LogP contribution in [0.15, 0.2) is 0 Å². The molecule has 4 fully saturated rings. The van der Waals surface area contributed by atoms with Crippen molar-refractivity contribution in [1.29, 1.82) is 0 Å². The van der Waals surface area contributed by atoms with E-state index in [9.17, 15) is 30.6 Å². The topological polar surface area (TPSA) is 121 Å². The van der Waals surface area contributed by atoms with Gasteiger partial charge in [-0.25, -0.2) is 0 Å². The van der Waals surface area contributed by atoms with Gasteiger partial charge in [0.1, 0.15) is 0 Å². The van der Waals surface area contributed by atoms with E-state index in [1.54, 1.807) is 0 Å². The Kier molecular flexibility index (Phi) is 7.05. The second kappa shape index (κ2) is 9.01. The Bertz CT molecular complexity index is 702. The van der Waals surface area contributed by atoms with Crippen LogP contribution in [-0.2, 0) is 0 Å². The fraction of sp³-hybridized carbons (Fsp3) is 1.00. The van der Waals surface area contributed by atoms with Gasteiger partial charge >= 0.3 is 0 Å². The summed E-state index contributed by atoms with van der Waals surface area (Å²) in [6, 6.07) is 0. The Morgan fingerprint density at radius 1 is 0.909 bits per heavy atom. The van der Waals surface area contributed by atoms with Crippen LogP contribution in [0.3, 0.4) is 0 Å². The van der Waals surface area contributed by atoms with Gasteiger partial charge in [-0.3, -0.25) is 0 Å². The number of aliphatic hydroxyl groups is 6. The van der Waals surface area contributed by atoms with Gasteiger partial charge < -0.3 is 30.6 Å². The molecule has 4 aliphatic rings. The van der Waals surface area contributed by atoms with Crippen molar-refractivity contribution >= 4 is 0 Å². The fourth-order valence-electron chi connectivity index (χ4n) is 9.57. The van der Waals surface area contributed by atoms with E-state index in [2.05, 4.69) is 20.8 Å². The van der Waals surface area contributed by atoms with Crippen molar-refractivity contribution in [2.45, 2.75) is 115 Å². The Labute approximate surface area is 199 Å². The van der Waals surface area contributed by atoms with Gasteiger partial charge in [-0.15, -0.1) is 0 Å². The summed E-state index contributed by atoms with van der Waals surface area (Å²) in [4.78, 5) is 0. The highest BCUT2D eigenvalue weighted by Crippen LogP contribution is 2.69. The summed E-state index contributed by atoms with van der Waals surface area (Å²) >= 11 is 0. The monoisotopic (exact) mass is 468 g/mol. The minimum atomic E-state index is -1.22. The summed E-state index contributed by atoms with van der Waals surface area (Å²) in [5, 5.41) is 65.7. The zero-order chi connectivity index (χ0) is 24.3. The molecule has 0 heterocycles. The first kappa shape index (κ1) is 25.8. The van der Waals surface area contributed by atoms with Crippen LogP contribution < -0.4 is 0 Å². The van der Waals surface area contributed by atoms with E-state index in [1.807, 2.05) is 6.92 Å². The van der Waals surface area contributed by atoms with Crippen LogP contribution >= 0.6 is 0 Å². The highest BCUT2D eigenvalue weighted by molar-refractivity contribution is 5.21. The second-order valence-corrected chi connectivity index (χ2v) is 13.1. The number of hydrogen-bond donors (Lipinski definition) is 6. The van der Waals surface area contributed by atoms with E-state index in [0.29, 0.717) is 12.8 Å². The van der Waals surface area contributed by atoms with Crippen molar-refractivity contribution in [2.75, 3.05) is 6.61 Å². The molecule has 0 aromatic rings. The third-order valence-corrected chi connectivity index (χ3v) is 11.1. The van der Waals surface area contributed by atoms with Gasteiger partial charge in [0.15, 0.2) is 0 Å². The first-order chi connectivity index (χ1) is 15.4. The van der Waals surface area contributed by atoms with Crippen LogP contribution in [0.2, 0.25) is 0 Å². The first-order valence-electron chi connectivity index (χ1n) is 13.5. The van der Waals surface area contributed by atoms with Gasteiger partial charge in [0.05, 0.1) is 30.0 Å². The summed E-state index contributed by atoms with van der Waals surface area (Å²) in [6.45, 7) is 8.70. The molecule has 4 aliphatic carbocycles. The molecule has 0 aromatic heterocycles. The van der Waals surface area contributed by atoms with Crippen molar-refractivity contribution in [2.24, 2.45) is 46.3 Å². The number of fused-ring (bicyclic) bond motifs is 5. The largest absolute Gasteiger partial charge is 0.396 e. The molecule has 2 unspecified atom stereocenters. The molecule has 0 bridgehead atoms. The lowest BCUT2D eigenvalue weighted by Gasteiger charge is -2.65. The molecule has 0 amide bonds. The third-order valence-electron chi connectivity index (χ3n) is 11.1. The highest BCUT2D eigenvalue weighted by Gasteiger charge is 2.72. The average Bonchev–Trinajstić information content (AvgIpc) is 2.95. The molecule has 13 atom stereocenters. The number of hydrogen-bond acceptors (Lipinski definition) is 6. The van der Waals surface area contributed by atoms with Gasteiger partial charge in [-0.05, 0) is 78.9 Å². The summed E-state index contributed by atoms with van der Waals surface area (Å²) in [6.07, 6.45) is 3.75. The van der Waals surface area contributed by atoms with Crippen molar-refractivity contribution < 1.29 is 30.6 Å². The maximum Gasteiger partial charge on any atom is 0.0863 e. The molecule has 0 radical (unpaired) electrons. The quantitative estimate of drug-likeness (QED) is 0.356. The van der Waals surface area contributed by atoms with Crippen molar-refractivity contribution in [3.05, 3.63) is 0 Å². The van der Waals surface area contributed by atoms with Crippen molar-refractivity contribution in [3.8, 4) is 0 Å². The van der Waals surface area contributed by atoms with E-state index < -0.39 is 41.3 Å². The van der Waals surface area contributed by atoms with Gasteiger partial charge in [-0.1, -0.05) is 40.5 Å². The van der Waals surface area contributed by atoms with Gasteiger partial charge in [0.2, 0.25) is 0 Å². The normalized spacial score (nSPS) is 53.6. The Hall–Kier alpha value is -0.240. The molecule has 4 rings (SSSR count). The lowest BCUT2D eigenvalue weighted by atomic mass is 9.42. The Morgan fingerprint density at radius 3 is 2.24 bits per heavy atom. The molecule has 33 heavy (non-hydrogen) atoms. The summed E-state index contributed by atoms with van der Waals surface area (Å²) in [5.41, 5.74) is -1.90. The molecule has 0 saturated heterocycles. The summed E-state index contributed by atoms with van der Waals surface area (Å²) < 4.78 is 0. The highest BCUT2D eigenvalue weighted by atomic mass is 16.3. The number of aliphatic hydroxyl groups excluding tert-OH is 5. The molecule has 4 saturated carbocycles. The van der Waals surface area contributed by atoms with E-state index in [-0.39, 0.29) is 48.0 Å². The maximum atomic E-state index is 12.3. The van der Waals surface area contributed by atoms with Crippen molar-refractivity contribution in [3.63, 3.8) is 0 Å². The van der Waals surface area contributed by atoms with Crippen LogP contribution in [0.25, 0.3) is 0 Å². The number of rotatable bonds is 6. The molecule has 0 aromatic carbocycles. The van der Waals surface area contributed by atoms with E-state index in [0.717, 1.165) is 38.5 Å². The summed E-state index contributed by atoms with van der Waals surface area (Å²) in [5.74, 6) is -0.211. The molecule has 0 spiro atoms. The molecular weight excluding hydrogens is 420 g/mol. The van der Waals surface area contributed by atoms with Crippen LogP contribution in [0.1, 0.15) is 85.5 Å². The summed E-state index contributed by atoms with van der Waals surface area (Å²) in [7, 11) is 0. The van der Waals surface area contributed by atoms with E-state index in [1.165, 1.54) is 0 Å². The molecule has 6 heteroatoms. The van der Waals surface area contributed by atoms with E-state index in [4.69, 9.17) is 0 Å². The predicted octanol–water partition coefficient (Wildman–Crippen LogP) is 2.47. The van der Waals surface area contributed by atoms with Crippen LogP contribution in [0.5, 0.6) is 0 Å². The third kappa shape index (κ3) is 3.92. The molecule has 0 aliphatic heterocycles. The second-order valence-electron chi connectivity index (χ2n) is 13.1. The van der Waals surface area contributed by atoms with Crippen LogP contribution in [-0.4, -0.2) is 67.3 Å². The van der Waals surface area contributed by atoms with Crippen LogP contribution in [0.4, 0.5) is 0 Å². The first-order valence-corrected chi connectivity index (χ1v) is 13.5. The lowest BCUT2D eigenvalue weighted by Crippen LogP contribution is -2.68. The maximum absolute atomic E-state index is 12.3. The minimum Gasteiger partial charge on any atom is -0.396 e. The van der Waals surface area contributed by atoms with Crippen molar-refractivity contribution in [1.82, 2.24) is 0 Å². The predicted molar refractivity (Wildman–Crippen MR) is 126 cm³/mol. The Balaban J connectivity index is 1.61. The van der Waals surface area contributed by atoms with Gasteiger partial charge in [0.25, 0.3) is 0 Å².